The van der Waals surface area contributed by atoms with Gasteiger partial charge in [-0.25, -0.2) is 4.79 Å². The van der Waals surface area contributed by atoms with Gasteiger partial charge in [-0.05, 0) is 32.9 Å². The molecule has 5 nitrogen and oxygen atoms in total. The molecule has 6 heteroatoms. The summed E-state index contributed by atoms with van der Waals surface area (Å²) in [6.07, 6.45) is -0.579. The molecule has 1 heterocycles. The van der Waals surface area contributed by atoms with Gasteiger partial charge in [-0.1, -0.05) is 12.1 Å². The van der Waals surface area contributed by atoms with E-state index in [0.717, 1.165) is 16.4 Å². The SMILES string of the molecule is CC(C)OC(=O)Nc1ccc(C2=N[C@H](C)C(N)CS2)cc1. The highest BCUT2D eigenvalue weighted by Gasteiger charge is 2.20. The number of thioether (sulfide) groups is 1. The number of aliphatic imine (C=N–C) groups is 1. The van der Waals surface area contributed by atoms with Crippen molar-refractivity contribution in [2.45, 2.75) is 39.0 Å². The van der Waals surface area contributed by atoms with Gasteiger partial charge in [-0.2, -0.15) is 0 Å². The Morgan fingerprint density at radius 3 is 2.67 bits per heavy atom. The van der Waals surface area contributed by atoms with Crippen LogP contribution in [-0.4, -0.2) is 35.1 Å². The van der Waals surface area contributed by atoms with Crippen LogP contribution in [0.3, 0.4) is 0 Å². The van der Waals surface area contributed by atoms with E-state index in [1.807, 2.05) is 45.0 Å². The number of nitrogens with two attached hydrogens (primary N) is 1. The zero-order valence-corrected chi connectivity index (χ0v) is 13.3. The van der Waals surface area contributed by atoms with Gasteiger partial charge in [-0.3, -0.25) is 10.3 Å². The second-order valence-corrected chi connectivity index (χ2v) is 6.31. The van der Waals surface area contributed by atoms with Crippen LogP contribution >= 0.6 is 11.8 Å². The molecule has 114 valence electrons. The lowest BCUT2D eigenvalue weighted by Crippen LogP contribution is -2.37. The van der Waals surface area contributed by atoms with Crippen molar-refractivity contribution in [3.05, 3.63) is 29.8 Å². The Morgan fingerprint density at radius 1 is 1.43 bits per heavy atom. The molecule has 1 aromatic carbocycles. The van der Waals surface area contributed by atoms with E-state index in [0.29, 0.717) is 5.69 Å². The van der Waals surface area contributed by atoms with Crippen LogP contribution in [0.1, 0.15) is 26.3 Å². The second kappa shape index (κ2) is 6.95. The second-order valence-electron chi connectivity index (χ2n) is 5.31. The lowest BCUT2D eigenvalue weighted by atomic mass is 10.1. The quantitative estimate of drug-likeness (QED) is 0.900. The van der Waals surface area contributed by atoms with E-state index < -0.39 is 6.09 Å². The Balaban J connectivity index is 2.02. The van der Waals surface area contributed by atoms with Gasteiger partial charge in [0.25, 0.3) is 0 Å². The van der Waals surface area contributed by atoms with Crippen LogP contribution in [0.25, 0.3) is 0 Å². The van der Waals surface area contributed by atoms with Crippen molar-refractivity contribution >= 4 is 28.6 Å². The molecule has 0 saturated heterocycles. The summed E-state index contributed by atoms with van der Waals surface area (Å²) in [5.41, 5.74) is 7.70. The summed E-state index contributed by atoms with van der Waals surface area (Å²) in [6, 6.07) is 7.84. The van der Waals surface area contributed by atoms with Crippen LogP contribution in [0, 0.1) is 0 Å². The molecule has 21 heavy (non-hydrogen) atoms. The summed E-state index contributed by atoms with van der Waals surface area (Å²) >= 11 is 1.67. The third kappa shape index (κ3) is 4.47. The van der Waals surface area contributed by atoms with Crippen molar-refractivity contribution in [3.8, 4) is 0 Å². The third-order valence-corrected chi connectivity index (χ3v) is 4.24. The Bertz CT molecular complexity index is 528. The van der Waals surface area contributed by atoms with Crippen molar-refractivity contribution in [1.29, 1.82) is 0 Å². The summed E-state index contributed by atoms with van der Waals surface area (Å²) in [5.74, 6) is 0.876. The molecular formula is C15H21N3O2S. The number of hydrogen-bond acceptors (Lipinski definition) is 5. The number of anilines is 1. The van der Waals surface area contributed by atoms with Crippen LogP contribution in [0.4, 0.5) is 10.5 Å². The number of carbonyl (C=O) groups excluding carboxylic acids is 1. The minimum Gasteiger partial charge on any atom is -0.447 e. The first-order chi connectivity index (χ1) is 9.95. The van der Waals surface area contributed by atoms with E-state index >= 15 is 0 Å². The van der Waals surface area contributed by atoms with E-state index in [1.54, 1.807) is 11.8 Å². The highest BCUT2D eigenvalue weighted by atomic mass is 32.2. The maximum absolute atomic E-state index is 11.5. The van der Waals surface area contributed by atoms with E-state index in [9.17, 15) is 4.79 Å². The molecule has 1 amide bonds. The molecule has 0 radical (unpaired) electrons. The molecule has 1 unspecified atom stereocenters. The number of hydrogen-bond donors (Lipinski definition) is 2. The molecule has 0 aliphatic carbocycles. The summed E-state index contributed by atoms with van der Waals surface area (Å²) in [6.45, 7) is 5.65. The van der Waals surface area contributed by atoms with Gasteiger partial charge >= 0.3 is 6.09 Å². The van der Waals surface area contributed by atoms with E-state index in [1.165, 1.54) is 0 Å². The normalized spacial score (nSPS) is 21.9. The van der Waals surface area contributed by atoms with E-state index in [-0.39, 0.29) is 18.2 Å². The first kappa shape index (κ1) is 15.9. The highest BCUT2D eigenvalue weighted by molar-refractivity contribution is 8.14. The molecule has 3 N–H and O–H groups in total. The molecule has 1 aliphatic rings. The number of amides is 1. The number of benzene rings is 1. The van der Waals surface area contributed by atoms with Gasteiger partial charge in [0.15, 0.2) is 0 Å². The highest BCUT2D eigenvalue weighted by Crippen LogP contribution is 2.23. The van der Waals surface area contributed by atoms with Gasteiger partial charge in [-0.15, -0.1) is 11.8 Å². The number of ether oxygens (including phenoxy) is 1. The minimum absolute atomic E-state index is 0.116. The summed E-state index contributed by atoms with van der Waals surface area (Å²) < 4.78 is 5.03. The monoisotopic (exact) mass is 307 g/mol. The molecular weight excluding hydrogens is 286 g/mol. The number of carbonyl (C=O) groups is 1. The van der Waals surface area contributed by atoms with Crippen molar-refractivity contribution in [2.24, 2.45) is 10.7 Å². The first-order valence-corrected chi connectivity index (χ1v) is 7.98. The lowest BCUT2D eigenvalue weighted by Gasteiger charge is -2.23. The fourth-order valence-electron chi connectivity index (χ4n) is 1.85. The van der Waals surface area contributed by atoms with Gasteiger partial charge in [0.05, 0.1) is 17.2 Å². The van der Waals surface area contributed by atoms with E-state index in [4.69, 9.17) is 10.5 Å². The summed E-state index contributed by atoms with van der Waals surface area (Å²) in [4.78, 5) is 16.1. The van der Waals surface area contributed by atoms with Gasteiger partial charge in [0.1, 0.15) is 0 Å². The largest absolute Gasteiger partial charge is 0.447 e. The fourth-order valence-corrected chi connectivity index (χ4v) is 3.02. The molecule has 0 bridgehead atoms. The predicted octanol–water partition coefficient (Wildman–Crippen LogP) is 2.85. The maximum atomic E-state index is 11.5. The molecule has 0 spiro atoms. The molecule has 0 aromatic heterocycles. The van der Waals surface area contributed by atoms with Gasteiger partial charge in [0.2, 0.25) is 0 Å². The molecule has 2 rings (SSSR count). The molecule has 1 aliphatic heterocycles. The zero-order valence-electron chi connectivity index (χ0n) is 12.5. The van der Waals surface area contributed by atoms with Gasteiger partial charge in [0, 0.05) is 23.0 Å². The molecule has 0 fully saturated rings. The Labute approximate surface area is 129 Å². The molecule has 2 atom stereocenters. The van der Waals surface area contributed by atoms with Crippen LogP contribution in [0.2, 0.25) is 0 Å². The smallest absolute Gasteiger partial charge is 0.411 e. The summed E-state index contributed by atoms with van der Waals surface area (Å²) in [5, 5.41) is 3.69. The van der Waals surface area contributed by atoms with Crippen molar-refractivity contribution in [2.75, 3.05) is 11.1 Å². The van der Waals surface area contributed by atoms with Crippen LogP contribution in [-0.2, 0) is 4.74 Å². The van der Waals surface area contributed by atoms with Crippen LogP contribution < -0.4 is 11.1 Å². The lowest BCUT2D eigenvalue weighted by molar-refractivity contribution is 0.130. The van der Waals surface area contributed by atoms with E-state index in [2.05, 4.69) is 10.3 Å². The Hall–Kier alpha value is -1.53. The average molecular weight is 307 g/mol. The van der Waals surface area contributed by atoms with Crippen molar-refractivity contribution < 1.29 is 9.53 Å². The summed E-state index contributed by atoms with van der Waals surface area (Å²) in [7, 11) is 0. The zero-order chi connectivity index (χ0) is 15.4. The fraction of sp³-hybridized carbons (Fsp3) is 0.467. The number of nitrogens with one attached hydrogen (secondary N) is 1. The number of nitrogens with zero attached hydrogens (tertiary/aromatic N) is 1. The van der Waals surface area contributed by atoms with Crippen molar-refractivity contribution in [1.82, 2.24) is 0 Å². The predicted molar refractivity (Wildman–Crippen MR) is 88.1 cm³/mol. The van der Waals surface area contributed by atoms with Crippen molar-refractivity contribution in [3.63, 3.8) is 0 Å². The Kier molecular flexibility index (Phi) is 5.25. The maximum Gasteiger partial charge on any atom is 0.411 e. The minimum atomic E-state index is -0.443. The standard InChI is InChI=1S/C15H21N3O2S/c1-9(2)20-15(19)18-12-6-4-11(5-7-12)14-17-10(3)13(16)8-21-14/h4-7,9-10,13H,8,16H2,1-3H3,(H,18,19)/t10-,13?/m1/s1. The average Bonchev–Trinajstić information content (AvgIpc) is 2.42. The van der Waals surface area contributed by atoms with Gasteiger partial charge < -0.3 is 10.5 Å². The number of rotatable bonds is 3. The first-order valence-electron chi connectivity index (χ1n) is 7.00. The van der Waals surface area contributed by atoms with Crippen LogP contribution in [0.15, 0.2) is 29.3 Å². The molecule has 1 aromatic rings. The van der Waals surface area contributed by atoms with Crippen LogP contribution in [0.5, 0.6) is 0 Å². The third-order valence-electron chi connectivity index (χ3n) is 3.07. The Morgan fingerprint density at radius 2 is 2.10 bits per heavy atom. The molecule has 0 saturated carbocycles. The topological polar surface area (TPSA) is 76.7 Å².